The van der Waals surface area contributed by atoms with E-state index in [4.69, 9.17) is 0 Å². The van der Waals surface area contributed by atoms with Gasteiger partial charge in [0.2, 0.25) is 0 Å². The van der Waals surface area contributed by atoms with Gasteiger partial charge in [-0.25, -0.2) is 0 Å². The van der Waals surface area contributed by atoms with Gasteiger partial charge in [-0.1, -0.05) is 0 Å². The van der Waals surface area contributed by atoms with Crippen LogP contribution in [-0.2, 0) is 0 Å². The second-order valence-electron chi connectivity index (χ2n) is 5.09. The Hall–Kier alpha value is -1.55. The van der Waals surface area contributed by atoms with Crippen molar-refractivity contribution in [2.75, 3.05) is 46.1 Å². The van der Waals surface area contributed by atoms with Crippen molar-refractivity contribution in [1.82, 2.24) is 9.80 Å². The van der Waals surface area contributed by atoms with E-state index < -0.39 is 0 Å². The van der Waals surface area contributed by atoms with Crippen LogP contribution in [0.15, 0.2) is 18.2 Å². The van der Waals surface area contributed by atoms with Gasteiger partial charge in [-0.3, -0.25) is 4.79 Å². The van der Waals surface area contributed by atoms with E-state index in [-0.39, 0.29) is 5.91 Å². The van der Waals surface area contributed by atoms with Gasteiger partial charge < -0.3 is 15.1 Å². The number of anilines is 1. The van der Waals surface area contributed by atoms with Crippen LogP contribution in [0.3, 0.4) is 0 Å². The Kier molecular flexibility index (Phi) is 5.83. The molecule has 0 aromatic heterocycles. The summed E-state index contributed by atoms with van der Waals surface area (Å²) in [7, 11) is 5.86. The third-order valence-electron chi connectivity index (χ3n) is 3.07. The molecule has 4 heteroatoms. The third-order valence-corrected chi connectivity index (χ3v) is 3.07. The Labute approximate surface area is 116 Å². The smallest absolute Gasteiger partial charge is 0.253 e. The molecule has 0 saturated carbocycles. The summed E-state index contributed by atoms with van der Waals surface area (Å²) >= 11 is 0. The molecule has 1 aromatic rings. The highest BCUT2D eigenvalue weighted by Crippen LogP contribution is 2.17. The Morgan fingerprint density at radius 2 is 1.89 bits per heavy atom. The van der Waals surface area contributed by atoms with E-state index in [1.54, 1.807) is 4.90 Å². The van der Waals surface area contributed by atoms with Gasteiger partial charge in [-0.2, -0.15) is 0 Å². The first-order valence-corrected chi connectivity index (χ1v) is 6.70. The fraction of sp³-hybridized carbons (Fsp3) is 0.533. The lowest BCUT2D eigenvalue weighted by Crippen LogP contribution is -2.33. The monoisotopic (exact) mass is 263 g/mol. The molecule has 4 nitrogen and oxygen atoms in total. The fourth-order valence-corrected chi connectivity index (χ4v) is 1.86. The van der Waals surface area contributed by atoms with Crippen LogP contribution in [0.25, 0.3) is 0 Å². The molecule has 1 N–H and O–H groups in total. The van der Waals surface area contributed by atoms with E-state index in [9.17, 15) is 4.79 Å². The minimum absolute atomic E-state index is 0.0769. The Morgan fingerprint density at radius 3 is 2.42 bits per heavy atom. The molecule has 0 unspecified atom stereocenters. The van der Waals surface area contributed by atoms with Gasteiger partial charge in [0.05, 0.1) is 0 Å². The maximum atomic E-state index is 12.3. The third kappa shape index (κ3) is 4.56. The van der Waals surface area contributed by atoms with Crippen LogP contribution in [0.4, 0.5) is 5.69 Å². The number of carbonyl (C=O) groups is 1. The summed E-state index contributed by atoms with van der Waals surface area (Å²) in [6.07, 6.45) is 0. The van der Waals surface area contributed by atoms with Crippen LogP contribution in [0, 0.1) is 6.92 Å². The maximum absolute atomic E-state index is 12.3. The van der Waals surface area contributed by atoms with Crippen LogP contribution in [-0.4, -0.2) is 56.5 Å². The van der Waals surface area contributed by atoms with Crippen LogP contribution >= 0.6 is 0 Å². The van der Waals surface area contributed by atoms with Gasteiger partial charge in [0.1, 0.15) is 0 Å². The number of aryl methyl sites for hydroxylation is 1. The maximum Gasteiger partial charge on any atom is 0.253 e. The summed E-state index contributed by atoms with van der Waals surface area (Å²) in [5.41, 5.74) is 2.95. The molecule has 0 aliphatic heterocycles. The summed E-state index contributed by atoms with van der Waals surface area (Å²) in [5, 5.41) is 3.28. The molecule has 0 bridgehead atoms. The van der Waals surface area contributed by atoms with Crippen molar-refractivity contribution in [3.8, 4) is 0 Å². The average Bonchev–Trinajstić information content (AvgIpc) is 2.37. The zero-order chi connectivity index (χ0) is 14.4. The molecule has 1 amide bonds. The summed E-state index contributed by atoms with van der Waals surface area (Å²) < 4.78 is 0. The molecule has 1 aromatic carbocycles. The number of hydrogen-bond acceptors (Lipinski definition) is 3. The van der Waals surface area contributed by atoms with Crippen LogP contribution in [0.1, 0.15) is 22.8 Å². The topological polar surface area (TPSA) is 35.6 Å². The van der Waals surface area contributed by atoms with E-state index in [0.717, 1.165) is 36.4 Å². The highest BCUT2D eigenvalue weighted by molar-refractivity contribution is 5.94. The first-order chi connectivity index (χ1) is 8.95. The number of likely N-dealkylation sites (N-methyl/N-ethyl adjacent to an activating group) is 2. The fourth-order valence-electron chi connectivity index (χ4n) is 1.86. The summed E-state index contributed by atoms with van der Waals surface area (Å²) in [4.78, 5) is 16.1. The summed E-state index contributed by atoms with van der Waals surface area (Å²) in [6.45, 7) is 6.58. The first-order valence-electron chi connectivity index (χ1n) is 6.70. The van der Waals surface area contributed by atoms with E-state index in [2.05, 4.69) is 17.1 Å². The quantitative estimate of drug-likeness (QED) is 0.853. The standard InChI is InChI=1S/C15H25N3O/c1-6-16-14-8-7-13(11-12(14)2)15(19)18(5)10-9-17(3)4/h7-8,11,16H,6,9-10H2,1-5H3. The Morgan fingerprint density at radius 1 is 1.21 bits per heavy atom. The van der Waals surface area contributed by atoms with Crippen molar-refractivity contribution in [3.63, 3.8) is 0 Å². The van der Waals surface area contributed by atoms with Crippen LogP contribution in [0.5, 0.6) is 0 Å². The van der Waals surface area contributed by atoms with E-state index in [1.165, 1.54) is 0 Å². The Balaban J connectivity index is 2.74. The highest BCUT2D eigenvalue weighted by atomic mass is 16.2. The highest BCUT2D eigenvalue weighted by Gasteiger charge is 2.12. The van der Waals surface area contributed by atoms with E-state index >= 15 is 0 Å². The predicted octanol–water partition coefficient (Wildman–Crippen LogP) is 2.06. The van der Waals surface area contributed by atoms with Gasteiger partial charge in [0.25, 0.3) is 5.91 Å². The number of nitrogens with zero attached hydrogens (tertiary/aromatic N) is 2. The van der Waals surface area contributed by atoms with Crippen molar-refractivity contribution < 1.29 is 4.79 Å². The molecule has 0 spiro atoms. The minimum Gasteiger partial charge on any atom is -0.385 e. The summed E-state index contributed by atoms with van der Waals surface area (Å²) in [5.74, 6) is 0.0769. The van der Waals surface area contributed by atoms with Crippen molar-refractivity contribution in [2.24, 2.45) is 0 Å². The van der Waals surface area contributed by atoms with Gasteiger partial charge in [-0.05, 0) is 51.7 Å². The SMILES string of the molecule is CCNc1ccc(C(=O)N(C)CCN(C)C)cc1C. The lowest BCUT2D eigenvalue weighted by molar-refractivity contribution is 0.0786. The second kappa shape index (κ2) is 7.14. The number of nitrogens with one attached hydrogen (secondary N) is 1. The van der Waals surface area contributed by atoms with Gasteiger partial charge >= 0.3 is 0 Å². The molecule has 0 radical (unpaired) electrons. The molecular weight excluding hydrogens is 238 g/mol. The number of hydrogen-bond donors (Lipinski definition) is 1. The van der Waals surface area contributed by atoms with Crippen molar-refractivity contribution in [2.45, 2.75) is 13.8 Å². The molecule has 0 atom stereocenters. The zero-order valence-corrected chi connectivity index (χ0v) is 12.7. The second-order valence-corrected chi connectivity index (χ2v) is 5.09. The van der Waals surface area contributed by atoms with Gasteiger partial charge in [0.15, 0.2) is 0 Å². The molecule has 106 valence electrons. The van der Waals surface area contributed by atoms with Gasteiger partial charge in [-0.15, -0.1) is 0 Å². The number of benzene rings is 1. The Bertz CT molecular complexity index is 429. The minimum atomic E-state index is 0.0769. The zero-order valence-electron chi connectivity index (χ0n) is 12.7. The number of rotatable bonds is 6. The lowest BCUT2D eigenvalue weighted by atomic mass is 10.1. The molecule has 0 fully saturated rings. The lowest BCUT2D eigenvalue weighted by Gasteiger charge is -2.20. The van der Waals surface area contributed by atoms with Crippen molar-refractivity contribution >= 4 is 11.6 Å². The normalized spacial score (nSPS) is 10.6. The molecular formula is C15H25N3O. The van der Waals surface area contributed by atoms with Crippen LogP contribution in [0.2, 0.25) is 0 Å². The van der Waals surface area contributed by atoms with E-state index in [1.807, 2.05) is 46.3 Å². The van der Waals surface area contributed by atoms with Crippen molar-refractivity contribution in [3.05, 3.63) is 29.3 Å². The molecule has 0 heterocycles. The van der Waals surface area contributed by atoms with Crippen molar-refractivity contribution in [1.29, 1.82) is 0 Å². The van der Waals surface area contributed by atoms with Gasteiger partial charge in [0, 0.05) is 37.9 Å². The average molecular weight is 263 g/mol. The molecule has 0 aliphatic rings. The number of amides is 1. The largest absolute Gasteiger partial charge is 0.385 e. The summed E-state index contributed by atoms with van der Waals surface area (Å²) in [6, 6.07) is 5.82. The molecule has 0 saturated heterocycles. The molecule has 19 heavy (non-hydrogen) atoms. The van der Waals surface area contributed by atoms with E-state index in [0.29, 0.717) is 0 Å². The van der Waals surface area contributed by atoms with Crippen LogP contribution < -0.4 is 5.32 Å². The number of carbonyl (C=O) groups excluding carboxylic acids is 1. The predicted molar refractivity (Wildman–Crippen MR) is 80.9 cm³/mol. The first kappa shape index (κ1) is 15.5. The molecule has 1 rings (SSSR count). The molecule has 0 aliphatic carbocycles.